The maximum absolute atomic E-state index is 12.0. The first kappa shape index (κ1) is 13.9. The summed E-state index contributed by atoms with van der Waals surface area (Å²) in [5.74, 6) is 0. The van der Waals surface area contributed by atoms with E-state index in [4.69, 9.17) is 18.0 Å². The smallest absolute Gasteiger partial charge is 0.303 e. The van der Waals surface area contributed by atoms with Crippen LogP contribution in [0.4, 0.5) is 5.69 Å². The minimum absolute atomic E-state index is 0.168. The predicted octanol–water partition coefficient (Wildman–Crippen LogP) is 0.563. The number of rotatable bonds is 4. The number of anilines is 1. The van der Waals surface area contributed by atoms with E-state index in [1.807, 2.05) is 0 Å². The largest absolute Gasteiger partial charge is 0.389 e. The molecular formula is C10H15N3O2S2. The molecule has 0 aliphatic carbocycles. The van der Waals surface area contributed by atoms with Gasteiger partial charge in [0.25, 0.3) is 0 Å². The fourth-order valence-corrected chi connectivity index (χ4v) is 2.40. The van der Waals surface area contributed by atoms with Crippen molar-refractivity contribution in [3.05, 3.63) is 29.8 Å². The summed E-state index contributed by atoms with van der Waals surface area (Å²) in [4.78, 5) is 0.168. The van der Waals surface area contributed by atoms with E-state index in [-0.39, 0.29) is 4.99 Å². The molecule has 0 aliphatic rings. The molecule has 0 radical (unpaired) electrons. The molecule has 1 rings (SSSR count). The molecule has 0 unspecified atom stereocenters. The van der Waals surface area contributed by atoms with Crippen LogP contribution in [-0.4, -0.2) is 38.9 Å². The average molecular weight is 273 g/mol. The molecule has 17 heavy (non-hydrogen) atoms. The van der Waals surface area contributed by atoms with Crippen LogP contribution in [0.5, 0.6) is 0 Å². The minimum atomic E-state index is -3.53. The maximum Gasteiger partial charge on any atom is 0.303 e. The Kier molecular flexibility index (Phi) is 4.07. The van der Waals surface area contributed by atoms with Crippen molar-refractivity contribution in [2.45, 2.75) is 0 Å². The Morgan fingerprint density at radius 1 is 1.24 bits per heavy atom. The van der Waals surface area contributed by atoms with E-state index in [1.165, 1.54) is 21.1 Å². The monoisotopic (exact) mass is 273 g/mol. The Morgan fingerprint density at radius 2 is 1.76 bits per heavy atom. The van der Waals surface area contributed by atoms with Gasteiger partial charge in [-0.05, 0) is 12.1 Å². The lowest BCUT2D eigenvalue weighted by Crippen LogP contribution is -2.38. The predicted molar refractivity (Wildman–Crippen MR) is 73.3 cm³/mol. The topological polar surface area (TPSA) is 66.6 Å². The van der Waals surface area contributed by atoms with E-state index < -0.39 is 10.2 Å². The van der Waals surface area contributed by atoms with Gasteiger partial charge in [-0.2, -0.15) is 12.7 Å². The number of nitrogens with zero attached hydrogens (tertiary/aromatic N) is 2. The van der Waals surface area contributed by atoms with Crippen LogP contribution in [0.2, 0.25) is 0 Å². The Morgan fingerprint density at radius 3 is 2.24 bits per heavy atom. The van der Waals surface area contributed by atoms with Gasteiger partial charge in [-0.15, -0.1) is 0 Å². The SMILES string of the molecule is CN(C)S(=O)(=O)N(C)c1ccccc1C(N)=S. The van der Waals surface area contributed by atoms with Crippen molar-refractivity contribution in [1.82, 2.24) is 4.31 Å². The zero-order chi connectivity index (χ0) is 13.2. The lowest BCUT2D eigenvalue weighted by molar-refractivity contribution is 0.519. The summed E-state index contributed by atoms with van der Waals surface area (Å²) in [7, 11) is 0.865. The van der Waals surface area contributed by atoms with Gasteiger partial charge >= 0.3 is 10.2 Å². The van der Waals surface area contributed by atoms with Crippen LogP contribution in [0.3, 0.4) is 0 Å². The molecule has 0 atom stereocenters. The number of nitrogens with two attached hydrogens (primary N) is 1. The lowest BCUT2D eigenvalue weighted by Gasteiger charge is -2.24. The zero-order valence-corrected chi connectivity index (χ0v) is 11.5. The van der Waals surface area contributed by atoms with Gasteiger partial charge in [0.15, 0.2) is 0 Å². The van der Waals surface area contributed by atoms with Crippen LogP contribution in [0, 0.1) is 0 Å². The van der Waals surface area contributed by atoms with Gasteiger partial charge in [0.05, 0.1) is 5.69 Å². The van der Waals surface area contributed by atoms with Crippen molar-refractivity contribution >= 4 is 33.1 Å². The summed E-state index contributed by atoms with van der Waals surface area (Å²) in [6.07, 6.45) is 0. The van der Waals surface area contributed by atoms with Crippen molar-refractivity contribution in [2.75, 3.05) is 25.4 Å². The molecule has 0 bridgehead atoms. The molecule has 0 aliphatic heterocycles. The second-order valence-corrected chi connectivity index (χ2v) is 6.25. The first-order valence-corrected chi connectivity index (χ1v) is 6.64. The van der Waals surface area contributed by atoms with Crippen LogP contribution in [-0.2, 0) is 10.2 Å². The molecule has 2 N–H and O–H groups in total. The third-order valence-corrected chi connectivity index (χ3v) is 4.35. The number of thiocarbonyl (C=S) groups is 1. The van der Waals surface area contributed by atoms with Gasteiger partial charge in [-0.25, -0.2) is 0 Å². The average Bonchev–Trinajstić information content (AvgIpc) is 2.27. The first-order valence-electron chi connectivity index (χ1n) is 4.83. The van der Waals surface area contributed by atoms with Crippen molar-refractivity contribution in [3.63, 3.8) is 0 Å². The van der Waals surface area contributed by atoms with Gasteiger partial charge in [0.1, 0.15) is 4.99 Å². The van der Waals surface area contributed by atoms with E-state index in [9.17, 15) is 8.42 Å². The van der Waals surface area contributed by atoms with Crippen LogP contribution in [0.15, 0.2) is 24.3 Å². The van der Waals surface area contributed by atoms with Gasteiger partial charge in [-0.3, -0.25) is 4.31 Å². The van der Waals surface area contributed by atoms with E-state index >= 15 is 0 Å². The van der Waals surface area contributed by atoms with Crippen molar-refractivity contribution in [3.8, 4) is 0 Å². The van der Waals surface area contributed by atoms with Gasteiger partial charge in [0.2, 0.25) is 0 Å². The quantitative estimate of drug-likeness (QED) is 0.814. The molecule has 1 aromatic carbocycles. The number of benzene rings is 1. The van der Waals surface area contributed by atoms with Gasteiger partial charge < -0.3 is 5.73 Å². The number of para-hydroxylation sites is 1. The minimum Gasteiger partial charge on any atom is -0.389 e. The third-order valence-electron chi connectivity index (χ3n) is 2.32. The molecule has 0 amide bonds. The fourth-order valence-electron chi connectivity index (χ4n) is 1.33. The molecule has 0 aromatic heterocycles. The molecule has 1 aromatic rings. The second kappa shape index (κ2) is 4.99. The van der Waals surface area contributed by atoms with E-state index in [2.05, 4.69) is 0 Å². The van der Waals surface area contributed by atoms with Crippen LogP contribution >= 0.6 is 12.2 Å². The molecule has 7 heteroatoms. The zero-order valence-electron chi connectivity index (χ0n) is 9.91. The summed E-state index contributed by atoms with van der Waals surface area (Å²) in [6.45, 7) is 0. The summed E-state index contributed by atoms with van der Waals surface area (Å²) in [5, 5.41) is 0. The maximum atomic E-state index is 12.0. The van der Waals surface area contributed by atoms with Gasteiger partial charge in [0, 0.05) is 26.7 Å². The highest BCUT2D eigenvalue weighted by Gasteiger charge is 2.23. The van der Waals surface area contributed by atoms with Gasteiger partial charge in [-0.1, -0.05) is 24.4 Å². The molecule has 5 nitrogen and oxygen atoms in total. The molecular weight excluding hydrogens is 258 g/mol. The Hall–Kier alpha value is -1.18. The highest BCUT2D eigenvalue weighted by molar-refractivity contribution is 7.90. The summed E-state index contributed by atoms with van der Waals surface area (Å²) < 4.78 is 26.2. The molecule has 0 spiro atoms. The number of hydrogen-bond donors (Lipinski definition) is 1. The molecule has 0 saturated heterocycles. The Labute approximate surface area is 107 Å². The van der Waals surface area contributed by atoms with Crippen molar-refractivity contribution in [2.24, 2.45) is 5.73 Å². The molecule has 0 saturated carbocycles. The summed E-state index contributed by atoms with van der Waals surface area (Å²) >= 11 is 4.90. The molecule has 0 heterocycles. The van der Waals surface area contributed by atoms with Crippen LogP contribution in [0.25, 0.3) is 0 Å². The van der Waals surface area contributed by atoms with Crippen LogP contribution < -0.4 is 10.0 Å². The normalized spacial score (nSPS) is 11.5. The van der Waals surface area contributed by atoms with E-state index in [0.717, 1.165) is 8.61 Å². The standard InChI is InChI=1S/C10H15N3O2S2/c1-12(2)17(14,15)13(3)9-7-5-4-6-8(9)10(11)16/h4-7H,1-3H3,(H2,11,16). The second-order valence-electron chi connectivity index (χ2n) is 3.64. The summed E-state index contributed by atoms with van der Waals surface area (Å²) in [5.41, 5.74) is 6.57. The van der Waals surface area contributed by atoms with Crippen molar-refractivity contribution < 1.29 is 8.42 Å². The lowest BCUT2D eigenvalue weighted by atomic mass is 10.2. The Bertz CT molecular complexity index is 526. The van der Waals surface area contributed by atoms with Crippen molar-refractivity contribution in [1.29, 1.82) is 0 Å². The van der Waals surface area contributed by atoms with E-state index in [1.54, 1.807) is 24.3 Å². The molecule has 0 fully saturated rings. The number of hydrogen-bond acceptors (Lipinski definition) is 3. The Balaban J connectivity index is 3.31. The fraction of sp³-hybridized carbons (Fsp3) is 0.300. The third kappa shape index (κ3) is 2.74. The van der Waals surface area contributed by atoms with Crippen LogP contribution in [0.1, 0.15) is 5.56 Å². The summed E-state index contributed by atoms with van der Waals surface area (Å²) in [6, 6.07) is 6.85. The van der Waals surface area contributed by atoms with E-state index in [0.29, 0.717) is 11.3 Å². The molecule has 94 valence electrons. The highest BCUT2D eigenvalue weighted by atomic mass is 32.2. The first-order chi connectivity index (χ1) is 7.78. The highest BCUT2D eigenvalue weighted by Crippen LogP contribution is 2.22.